The van der Waals surface area contributed by atoms with Gasteiger partial charge in [0.25, 0.3) is 5.91 Å². The molecule has 2 aromatic carbocycles. The Labute approximate surface area is 177 Å². The molecule has 1 atom stereocenters. The van der Waals surface area contributed by atoms with E-state index in [1.165, 1.54) is 7.11 Å². The summed E-state index contributed by atoms with van der Waals surface area (Å²) < 4.78 is 10.8. The second kappa shape index (κ2) is 11.9. The van der Waals surface area contributed by atoms with Gasteiger partial charge in [0.05, 0.1) is 7.11 Å². The predicted molar refractivity (Wildman–Crippen MR) is 114 cm³/mol. The smallest absolute Gasteiger partial charge is 0.257 e. The first-order valence-electron chi connectivity index (χ1n) is 9.10. The molecule has 0 aliphatic carbocycles. The Hall–Kier alpha value is -2.77. The monoisotopic (exact) mass is 421 g/mol. The first-order chi connectivity index (χ1) is 13.4. The Morgan fingerprint density at radius 2 is 1.76 bits per heavy atom. The quantitative estimate of drug-likeness (QED) is 0.576. The number of methoxy groups -OCH3 is 1. The molecule has 0 aromatic heterocycles. The molecule has 0 spiro atoms. The summed E-state index contributed by atoms with van der Waals surface area (Å²) in [6, 6.07) is 12.1. The van der Waals surface area contributed by atoms with Gasteiger partial charge in [-0.3, -0.25) is 9.59 Å². The third kappa shape index (κ3) is 7.29. The molecule has 0 aliphatic rings. The van der Waals surface area contributed by atoms with Crippen LogP contribution < -0.4 is 25.8 Å². The van der Waals surface area contributed by atoms with Crippen LogP contribution in [0.5, 0.6) is 11.5 Å². The summed E-state index contributed by atoms with van der Waals surface area (Å²) in [5, 5.41) is 5.49. The van der Waals surface area contributed by atoms with E-state index in [1.807, 2.05) is 38.1 Å². The van der Waals surface area contributed by atoms with E-state index >= 15 is 0 Å². The number of benzene rings is 2. The van der Waals surface area contributed by atoms with Crippen LogP contribution in [0.4, 0.5) is 0 Å². The predicted octanol–water partition coefficient (Wildman–Crippen LogP) is 2.26. The highest BCUT2D eigenvalue weighted by molar-refractivity contribution is 5.85. The van der Waals surface area contributed by atoms with Crippen LogP contribution in [0.25, 0.3) is 0 Å². The van der Waals surface area contributed by atoms with Crippen LogP contribution in [0.3, 0.4) is 0 Å². The van der Waals surface area contributed by atoms with Gasteiger partial charge >= 0.3 is 0 Å². The maximum absolute atomic E-state index is 12.3. The van der Waals surface area contributed by atoms with Gasteiger partial charge in [0.2, 0.25) is 5.91 Å². The van der Waals surface area contributed by atoms with Crippen LogP contribution in [0.15, 0.2) is 42.5 Å². The minimum Gasteiger partial charge on any atom is -0.493 e. The first-order valence-corrected chi connectivity index (χ1v) is 9.10. The molecule has 0 radical (unpaired) electrons. The molecular weight excluding hydrogens is 394 g/mol. The zero-order chi connectivity index (χ0) is 20.5. The molecule has 0 aliphatic heterocycles. The Balaban J connectivity index is 0.00000420. The van der Waals surface area contributed by atoms with Gasteiger partial charge in [-0.15, -0.1) is 12.4 Å². The van der Waals surface area contributed by atoms with Gasteiger partial charge in [-0.25, -0.2) is 0 Å². The summed E-state index contributed by atoms with van der Waals surface area (Å²) >= 11 is 0. The Morgan fingerprint density at radius 1 is 1.07 bits per heavy atom. The number of likely N-dealkylation sites (N-methyl/N-ethyl adjacent to an activating group) is 1. The SMILES string of the molecule is CCNC(=O)COc1ccc(CNC(=O)C(N)c2ccc(C)cc2)cc1OC.Cl. The molecule has 4 N–H and O–H groups in total. The molecule has 29 heavy (non-hydrogen) atoms. The number of carbonyl (C=O) groups is 2. The maximum atomic E-state index is 12.3. The fourth-order valence-corrected chi connectivity index (χ4v) is 2.56. The van der Waals surface area contributed by atoms with Crippen molar-refractivity contribution in [1.82, 2.24) is 10.6 Å². The molecule has 2 amide bonds. The highest BCUT2D eigenvalue weighted by Crippen LogP contribution is 2.28. The van der Waals surface area contributed by atoms with Crippen LogP contribution in [-0.4, -0.2) is 32.1 Å². The highest BCUT2D eigenvalue weighted by Gasteiger charge is 2.16. The fourth-order valence-electron chi connectivity index (χ4n) is 2.56. The van der Waals surface area contributed by atoms with Gasteiger partial charge in [0.1, 0.15) is 6.04 Å². The van der Waals surface area contributed by atoms with Crippen LogP contribution in [0, 0.1) is 6.92 Å². The second-order valence-corrected chi connectivity index (χ2v) is 6.33. The third-order valence-corrected chi connectivity index (χ3v) is 4.15. The fraction of sp³-hybridized carbons (Fsp3) is 0.333. The number of rotatable bonds is 9. The average molecular weight is 422 g/mol. The van der Waals surface area contributed by atoms with Crippen molar-refractivity contribution >= 4 is 24.2 Å². The number of hydrogen-bond acceptors (Lipinski definition) is 5. The van der Waals surface area contributed by atoms with Gasteiger partial charge in [0, 0.05) is 13.1 Å². The molecular formula is C21H28ClN3O4. The molecule has 0 bridgehead atoms. The van der Waals surface area contributed by atoms with Crippen LogP contribution in [0.1, 0.15) is 29.7 Å². The van der Waals surface area contributed by atoms with Gasteiger partial charge in [0.15, 0.2) is 18.1 Å². The van der Waals surface area contributed by atoms with E-state index in [-0.39, 0.29) is 30.8 Å². The van der Waals surface area contributed by atoms with Crippen LogP contribution >= 0.6 is 12.4 Å². The van der Waals surface area contributed by atoms with E-state index in [4.69, 9.17) is 15.2 Å². The topological polar surface area (TPSA) is 103 Å². The Bertz CT molecular complexity index is 812. The number of ether oxygens (including phenoxy) is 2. The average Bonchev–Trinajstić information content (AvgIpc) is 2.70. The van der Waals surface area contributed by atoms with Crippen molar-refractivity contribution in [3.05, 3.63) is 59.2 Å². The Morgan fingerprint density at radius 3 is 2.38 bits per heavy atom. The van der Waals surface area contributed by atoms with Gasteiger partial charge < -0.3 is 25.8 Å². The van der Waals surface area contributed by atoms with Crippen molar-refractivity contribution in [2.24, 2.45) is 5.73 Å². The van der Waals surface area contributed by atoms with Crippen LogP contribution in [0.2, 0.25) is 0 Å². The molecule has 0 fully saturated rings. The molecule has 2 rings (SSSR count). The summed E-state index contributed by atoms with van der Waals surface area (Å²) in [5.41, 5.74) is 8.72. The Kier molecular flexibility index (Phi) is 9.99. The largest absolute Gasteiger partial charge is 0.493 e. The van der Waals surface area contributed by atoms with E-state index < -0.39 is 6.04 Å². The zero-order valence-electron chi connectivity index (χ0n) is 16.9. The van der Waals surface area contributed by atoms with Crippen molar-refractivity contribution in [3.63, 3.8) is 0 Å². The molecule has 7 nitrogen and oxygen atoms in total. The summed E-state index contributed by atoms with van der Waals surface area (Å²) in [6.45, 7) is 4.57. The number of nitrogens with two attached hydrogens (primary N) is 1. The van der Waals surface area contributed by atoms with E-state index in [1.54, 1.807) is 18.2 Å². The van der Waals surface area contributed by atoms with Gasteiger partial charge in [-0.2, -0.15) is 0 Å². The number of aryl methyl sites for hydroxylation is 1. The standard InChI is InChI=1S/C21H27N3O4.ClH/c1-4-23-19(25)13-28-17-10-7-15(11-18(17)27-3)12-24-21(26)20(22)16-8-5-14(2)6-9-16;/h5-11,20H,4,12-13,22H2,1-3H3,(H,23,25)(H,24,26);1H. The van der Waals surface area contributed by atoms with E-state index in [0.29, 0.717) is 24.6 Å². The molecule has 2 aromatic rings. The molecule has 1 unspecified atom stereocenters. The third-order valence-electron chi connectivity index (χ3n) is 4.15. The van der Waals surface area contributed by atoms with Crippen molar-refractivity contribution in [2.75, 3.05) is 20.3 Å². The molecule has 158 valence electrons. The lowest BCUT2D eigenvalue weighted by atomic mass is 10.1. The second-order valence-electron chi connectivity index (χ2n) is 6.33. The van der Waals surface area contributed by atoms with Crippen LogP contribution in [-0.2, 0) is 16.1 Å². The molecule has 0 saturated carbocycles. The molecule has 0 saturated heterocycles. The molecule has 0 heterocycles. The van der Waals surface area contributed by atoms with E-state index in [2.05, 4.69) is 10.6 Å². The van der Waals surface area contributed by atoms with E-state index in [9.17, 15) is 9.59 Å². The number of amides is 2. The van der Waals surface area contributed by atoms with E-state index in [0.717, 1.165) is 16.7 Å². The lowest BCUT2D eigenvalue weighted by molar-refractivity contribution is -0.123. The van der Waals surface area contributed by atoms with Crippen molar-refractivity contribution in [2.45, 2.75) is 26.4 Å². The van der Waals surface area contributed by atoms with Crippen molar-refractivity contribution in [3.8, 4) is 11.5 Å². The summed E-state index contributed by atoms with van der Waals surface area (Å²) in [5.74, 6) is 0.476. The summed E-state index contributed by atoms with van der Waals surface area (Å²) in [4.78, 5) is 23.8. The lowest BCUT2D eigenvalue weighted by Crippen LogP contribution is -2.33. The number of hydrogen-bond donors (Lipinski definition) is 3. The number of halogens is 1. The zero-order valence-corrected chi connectivity index (χ0v) is 17.7. The summed E-state index contributed by atoms with van der Waals surface area (Å²) in [7, 11) is 1.52. The number of carbonyl (C=O) groups excluding carboxylic acids is 2. The highest BCUT2D eigenvalue weighted by atomic mass is 35.5. The first kappa shape index (κ1) is 24.3. The summed E-state index contributed by atoms with van der Waals surface area (Å²) in [6.07, 6.45) is 0. The van der Waals surface area contributed by atoms with Gasteiger partial charge in [-0.1, -0.05) is 35.9 Å². The van der Waals surface area contributed by atoms with Crippen molar-refractivity contribution in [1.29, 1.82) is 0 Å². The van der Waals surface area contributed by atoms with Crippen molar-refractivity contribution < 1.29 is 19.1 Å². The minimum atomic E-state index is -0.734. The normalized spacial score (nSPS) is 11.0. The minimum absolute atomic E-state index is 0. The maximum Gasteiger partial charge on any atom is 0.257 e. The van der Waals surface area contributed by atoms with Gasteiger partial charge in [-0.05, 0) is 37.1 Å². The lowest BCUT2D eigenvalue weighted by Gasteiger charge is -2.15. The number of nitrogens with one attached hydrogen (secondary N) is 2. The molecule has 8 heteroatoms.